The zero-order valence-corrected chi connectivity index (χ0v) is 12.2. The lowest BCUT2D eigenvalue weighted by Gasteiger charge is -2.30. The Balaban J connectivity index is 1.87. The van der Waals surface area contributed by atoms with E-state index < -0.39 is 11.9 Å². The van der Waals surface area contributed by atoms with Crippen LogP contribution in [0, 0.1) is 5.92 Å². The summed E-state index contributed by atoms with van der Waals surface area (Å²) in [4.78, 5) is 24.9. The van der Waals surface area contributed by atoms with Gasteiger partial charge in [-0.15, -0.1) is 0 Å². The average Bonchev–Trinajstić information content (AvgIpc) is 2.53. The van der Waals surface area contributed by atoms with E-state index in [4.69, 9.17) is 9.84 Å². The summed E-state index contributed by atoms with van der Waals surface area (Å²) < 4.78 is 5.16. The monoisotopic (exact) mass is 291 g/mol. The van der Waals surface area contributed by atoms with Crippen LogP contribution in [0.1, 0.15) is 24.8 Å². The van der Waals surface area contributed by atoms with Gasteiger partial charge in [0, 0.05) is 19.5 Å². The molecule has 1 aliphatic rings. The molecule has 2 rings (SSSR count). The van der Waals surface area contributed by atoms with Gasteiger partial charge in [-0.05, 0) is 37.0 Å². The average molecular weight is 291 g/mol. The van der Waals surface area contributed by atoms with Gasteiger partial charge in [-0.2, -0.15) is 0 Å². The van der Waals surface area contributed by atoms with Gasteiger partial charge >= 0.3 is 5.97 Å². The fourth-order valence-corrected chi connectivity index (χ4v) is 2.64. The van der Waals surface area contributed by atoms with Gasteiger partial charge in [-0.3, -0.25) is 9.59 Å². The van der Waals surface area contributed by atoms with Crippen molar-refractivity contribution in [3.8, 4) is 5.75 Å². The summed E-state index contributed by atoms with van der Waals surface area (Å²) in [5.41, 5.74) is 1.05. The fraction of sp³-hybridized carbons (Fsp3) is 0.500. The molecule has 5 nitrogen and oxygen atoms in total. The highest BCUT2D eigenvalue weighted by molar-refractivity contribution is 5.78. The van der Waals surface area contributed by atoms with Crippen LogP contribution in [-0.2, 0) is 16.0 Å². The smallest absolute Gasteiger partial charge is 0.308 e. The molecule has 1 fully saturated rings. The van der Waals surface area contributed by atoms with Gasteiger partial charge in [-0.25, -0.2) is 0 Å². The van der Waals surface area contributed by atoms with Crippen molar-refractivity contribution in [2.45, 2.75) is 25.7 Å². The lowest BCUT2D eigenvalue weighted by Crippen LogP contribution is -2.42. The number of carboxylic acid groups (broad SMARTS) is 1. The first kappa shape index (κ1) is 15.4. The van der Waals surface area contributed by atoms with Crippen LogP contribution in [0.4, 0.5) is 0 Å². The van der Waals surface area contributed by atoms with Crippen molar-refractivity contribution in [1.29, 1.82) is 0 Å². The minimum Gasteiger partial charge on any atom is -0.497 e. The number of amides is 1. The van der Waals surface area contributed by atoms with Gasteiger partial charge in [0.1, 0.15) is 5.75 Å². The van der Waals surface area contributed by atoms with E-state index >= 15 is 0 Å². The Morgan fingerprint density at radius 1 is 1.43 bits per heavy atom. The number of ether oxygens (including phenoxy) is 1. The Morgan fingerprint density at radius 2 is 2.24 bits per heavy atom. The molecule has 1 aliphatic heterocycles. The third-order valence-corrected chi connectivity index (χ3v) is 3.89. The minimum absolute atomic E-state index is 0.0313. The van der Waals surface area contributed by atoms with Gasteiger partial charge in [0.15, 0.2) is 0 Å². The maximum Gasteiger partial charge on any atom is 0.308 e. The summed E-state index contributed by atoms with van der Waals surface area (Å²) in [6, 6.07) is 7.66. The van der Waals surface area contributed by atoms with E-state index in [1.165, 1.54) is 0 Å². The highest BCUT2D eigenvalue weighted by Gasteiger charge is 2.27. The molecule has 0 radical (unpaired) electrons. The number of carboxylic acids is 1. The molecule has 1 aromatic carbocycles. The maximum atomic E-state index is 12.2. The second-order valence-corrected chi connectivity index (χ2v) is 5.37. The number of hydrogen-bond donors (Lipinski definition) is 1. The summed E-state index contributed by atoms with van der Waals surface area (Å²) >= 11 is 0. The lowest BCUT2D eigenvalue weighted by molar-refractivity contribution is -0.145. The quantitative estimate of drug-likeness (QED) is 0.900. The SMILES string of the molecule is COc1cccc(CCC(=O)N2CCC[C@H](C(=O)O)C2)c1. The number of piperidine rings is 1. The highest BCUT2D eigenvalue weighted by atomic mass is 16.5. The molecule has 1 aromatic rings. The van der Waals surface area contributed by atoms with E-state index in [-0.39, 0.29) is 5.91 Å². The highest BCUT2D eigenvalue weighted by Crippen LogP contribution is 2.19. The first-order chi connectivity index (χ1) is 10.1. The van der Waals surface area contributed by atoms with Gasteiger partial charge in [-0.1, -0.05) is 12.1 Å². The molecule has 114 valence electrons. The third-order valence-electron chi connectivity index (χ3n) is 3.89. The van der Waals surface area contributed by atoms with Crippen molar-refractivity contribution in [1.82, 2.24) is 4.90 Å². The van der Waals surface area contributed by atoms with Crippen LogP contribution < -0.4 is 4.74 Å². The molecular formula is C16H21NO4. The molecule has 1 atom stereocenters. The molecule has 0 saturated carbocycles. The molecular weight excluding hydrogens is 270 g/mol. The number of carbonyl (C=O) groups is 2. The summed E-state index contributed by atoms with van der Waals surface area (Å²) in [6.07, 6.45) is 2.47. The maximum absolute atomic E-state index is 12.2. The standard InChI is InChI=1S/C16H21NO4/c1-21-14-6-2-4-12(10-14)7-8-15(18)17-9-3-5-13(11-17)16(19)20/h2,4,6,10,13H,3,5,7-9,11H2,1H3,(H,19,20)/t13-/m0/s1. The van der Waals surface area contributed by atoms with E-state index in [0.717, 1.165) is 17.7 Å². The zero-order valence-electron chi connectivity index (χ0n) is 12.2. The molecule has 5 heteroatoms. The van der Waals surface area contributed by atoms with Crippen molar-refractivity contribution in [3.63, 3.8) is 0 Å². The molecule has 0 bridgehead atoms. The van der Waals surface area contributed by atoms with E-state index in [1.807, 2.05) is 24.3 Å². The van der Waals surface area contributed by atoms with Crippen LogP contribution in [0.25, 0.3) is 0 Å². The normalized spacial score (nSPS) is 18.3. The van der Waals surface area contributed by atoms with Crippen molar-refractivity contribution in [3.05, 3.63) is 29.8 Å². The summed E-state index contributed by atoms with van der Waals surface area (Å²) in [5.74, 6) is -0.410. The van der Waals surface area contributed by atoms with Crippen LogP contribution in [-0.4, -0.2) is 42.1 Å². The predicted octanol–water partition coefficient (Wildman–Crippen LogP) is 1.95. The largest absolute Gasteiger partial charge is 0.497 e. The number of carbonyl (C=O) groups excluding carboxylic acids is 1. The van der Waals surface area contributed by atoms with Gasteiger partial charge in [0.25, 0.3) is 0 Å². The topological polar surface area (TPSA) is 66.8 Å². The number of aryl methyl sites for hydroxylation is 1. The van der Waals surface area contributed by atoms with E-state index in [2.05, 4.69) is 0 Å². The fourth-order valence-electron chi connectivity index (χ4n) is 2.64. The van der Waals surface area contributed by atoms with E-state index in [1.54, 1.807) is 12.0 Å². The van der Waals surface area contributed by atoms with Crippen molar-refractivity contribution in [2.24, 2.45) is 5.92 Å². The molecule has 0 aliphatic carbocycles. The van der Waals surface area contributed by atoms with Crippen molar-refractivity contribution < 1.29 is 19.4 Å². The van der Waals surface area contributed by atoms with E-state index in [9.17, 15) is 9.59 Å². The van der Waals surface area contributed by atoms with Gasteiger partial charge in [0.05, 0.1) is 13.0 Å². The molecule has 0 aromatic heterocycles. The van der Waals surface area contributed by atoms with Crippen LogP contribution in [0.2, 0.25) is 0 Å². The number of benzene rings is 1. The summed E-state index contributed by atoms with van der Waals surface area (Å²) in [7, 11) is 1.62. The van der Waals surface area contributed by atoms with Crippen LogP contribution in [0.15, 0.2) is 24.3 Å². The Hall–Kier alpha value is -2.04. The second kappa shape index (κ2) is 7.11. The molecule has 0 unspecified atom stereocenters. The first-order valence-electron chi connectivity index (χ1n) is 7.23. The molecule has 1 N–H and O–H groups in total. The Labute approximate surface area is 124 Å². The van der Waals surface area contributed by atoms with Gasteiger partial charge < -0.3 is 14.7 Å². The Morgan fingerprint density at radius 3 is 2.95 bits per heavy atom. The van der Waals surface area contributed by atoms with Crippen LogP contribution in [0.3, 0.4) is 0 Å². The van der Waals surface area contributed by atoms with Crippen molar-refractivity contribution in [2.75, 3.05) is 20.2 Å². The Kier molecular flexibility index (Phi) is 5.20. The molecule has 1 saturated heterocycles. The molecule has 1 amide bonds. The predicted molar refractivity (Wildman–Crippen MR) is 78.3 cm³/mol. The first-order valence-corrected chi connectivity index (χ1v) is 7.23. The lowest BCUT2D eigenvalue weighted by atomic mass is 9.97. The summed E-state index contributed by atoms with van der Waals surface area (Å²) in [5, 5.41) is 9.05. The van der Waals surface area contributed by atoms with Crippen LogP contribution in [0.5, 0.6) is 5.75 Å². The Bertz CT molecular complexity index is 515. The molecule has 21 heavy (non-hydrogen) atoms. The number of nitrogens with zero attached hydrogens (tertiary/aromatic N) is 1. The second-order valence-electron chi connectivity index (χ2n) is 5.37. The number of aliphatic carboxylic acids is 1. The number of hydrogen-bond acceptors (Lipinski definition) is 3. The zero-order chi connectivity index (χ0) is 15.2. The van der Waals surface area contributed by atoms with E-state index in [0.29, 0.717) is 32.4 Å². The number of methoxy groups -OCH3 is 1. The summed E-state index contributed by atoms with van der Waals surface area (Å²) in [6.45, 7) is 1.01. The van der Waals surface area contributed by atoms with Gasteiger partial charge in [0.2, 0.25) is 5.91 Å². The van der Waals surface area contributed by atoms with Crippen LogP contribution >= 0.6 is 0 Å². The number of likely N-dealkylation sites (tertiary alicyclic amines) is 1. The minimum atomic E-state index is -0.805. The third kappa shape index (κ3) is 4.21. The van der Waals surface area contributed by atoms with Crippen molar-refractivity contribution >= 4 is 11.9 Å². The number of rotatable bonds is 5. The molecule has 0 spiro atoms. The molecule has 1 heterocycles.